The predicted molar refractivity (Wildman–Crippen MR) is 105 cm³/mol. The SMILES string of the molecule is CCNC(=O)C1(Cc2ccccc2-c2ccc(OC)cc2)CCCCN1. The van der Waals surface area contributed by atoms with Crippen LogP contribution < -0.4 is 15.4 Å². The first-order valence-corrected chi connectivity index (χ1v) is 9.44. The van der Waals surface area contributed by atoms with Crippen molar-refractivity contribution < 1.29 is 9.53 Å². The highest BCUT2D eigenvalue weighted by atomic mass is 16.5. The maximum atomic E-state index is 12.9. The van der Waals surface area contributed by atoms with E-state index >= 15 is 0 Å². The van der Waals surface area contributed by atoms with E-state index in [2.05, 4.69) is 47.0 Å². The summed E-state index contributed by atoms with van der Waals surface area (Å²) >= 11 is 0. The fraction of sp³-hybridized carbons (Fsp3) is 0.409. The Morgan fingerprint density at radius 2 is 1.92 bits per heavy atom. The molecule has 1 atom stereocenters. The van der Waals surface area contributed by atoms with Gasteiger partial charge in [-0.1, -0.05) is 36.4 Å². The first-order valence-electron chi connectivity index (χ1n) is 9.44. The monoisotopic (exact) mass is 352 g/mol. The van der Waals surface area contributed by atoms with E-state index < -0.39 is 5.54 Å². The van der Waals surface area contributed by atoms with E-state index in [0.29, 0.717) is 13.0 Å². The summed E-state index contributed by atoms with van der Waals surface area (Å²) in [7, 11) is 1.67. The van der Waals surface area contributed by atoms with Gasteiger partial charge in [0.2, 0.25) is 5.91 Å². The van der Waals surface area contributed by atoms with Crippen LogP contribution in [-0.2, 0) is 11.2 Å². The van der Waals surface area contributed by atoms with Gasteiger partial charge < -0.3 is 15.4 Å². The van der Waals surface area contributed by atoms with E-state index in [1.807, 2.05) is 19.1 Å². The van der Waals surface area contributed by atoms with Crippen molar-refractivity contribution in [2.75, 3.05) is 20.2 Å². The molecule has 1 heterocycles. The third-order valence-corrected chi connectivity index (χ3v) is 5.18. The maximum absolute atomic E-state index is 12.9. The maximum Gasteiger partial charge on any atom is 0.240 e. The number of piperidine rings is 1. The van der Waals surface area contributed by atoms with Crippen molar-refractivity contribution in [2.24, 2.45) is 0 Å². The van der Waals surface area contributed by atoms with Crippen LogP contribution in [0.4, 0.5) is 0 Å². The molecule has 4 nitrogen and oxygen atoms in total. The molecule has 0 saturated carbocycles. The molecule has 2 aromatic carbocycles. The van der Waals surface area contributed by atoms with Crippen LogP contribution in [0.2, 0.25) is 0 Å². The number of ether oxygens (including phenoxy) is 1. The number of nitrogens with one attached hydrogen (secondary N) is 2. The molecule has 1 unspecified atom stereocenters. The number of likely N-dealkylation sites (N-methyl/N-ethyl adjacent to an activating group) is 1. The molecule has 0 bridgehead atoms. The molecule has 0 radical (unpaired) electrons. The predicted octanol–water partition coefficient (Wildman–Crippen LogP) is 3.55. The third kappa shape index (κ3) is 3.91. The smallest absolute Gasteiger partial charge is 0.240 e. The minimum Gasteiger partial charge on any atom is -0.497 e. The van der Waals surface area contributed by atoms with Gasteiger partial charge >= 0.3 is 0 Å². The zero-order chi connectivity index (χ0) is 18.4. The Bertz CT molecular complexity index is 734. The highest BCUT2D eigenvalue weighted by Crippen LogP contribution is 2.31. The van der Waals surface area contributed by atoms with Crippen LogP contribution >= 0.6 is 0 Å². The van der Waals surface area contributed by atoms with Crippen molar-refractivity contribution in [3.63, 3.8) is 0 Å². The highest BCUT2D eigenvalue weighted by Gasteiger charge is 2.39. The number of carbonyl (C=O) groups is 1. The molecule has 4 heteroatoms. The Morgan fingerprint density at radius 1 is 1.15 bits per heavy atom. The zero-order valence-electron chi connectivity index (χ0n) is 15.7. The molecule has 1 aliphatic heterocycles. The Balaban J connectivity index is 1.93. The molecule has 2 N–H and O–H groups in total. The van der Waals surface area contributed by atoms with E-state index in [1.54, 1.807) is 7.11 Å². The van der Waals surface area contributed by atoms with E-state index in [4.69, 9.17) is 4.74 Å². The van der Waals surface area contributed by atoms with Crippen LogP contribution in [0.25, 0.3) is 11.1 Å². The summed E-state index contributed by atoms with van der Waals surface area (Å²) in [6, 6.07) is 16.5. The zero-order valence-corrected chi connectivity index (χ0v) is 15.7. The summed E-state index contributed by atoms with van der Waals surface area (Å²) in [5, 5.41) is 6.56. The van der Waals surface area contributed by atoms with Crippen molar-refractivity contribution in [3.05, 3.63) is 54.1 Å². The molecule has 1 fully saturated rings. The summed E-state index contributed by atoms with van der Waals surface area (Å²) in [5.41, 5.74) is 2.99. The third-order valence-electron chi connectivity index (χ3n) is 5.18. The van der Waals surface area contributed by atoms with Crippen LogP contribution in [0.3, 0.4) is 0 Å². The number of benzene rings is 2. The van der Waals surface area contributed by atoms with E-state index in [1.165, 1.54) is 11.1 Å². The quantitative estimate of drug-likeness (QED) is 0.836. The fourth-order valence-corrected chi connectivity index (χ4v) is 3.77. The first kappa shape index (κ1) is 18.5. The standard InChI is InChI=1S/C22H28N2O2/c1-3-23-21(25)22(14-6-7-15-24-22)16-18-8-4-5-9-20(18)17-10-12-19(26-2)13-11-17/h4-5,8-13,24H,3,6-7,14-16H2,1-2H3,(H,23,25). The molecular formula is C22H28N2O2. The molecule has 0 aromatic heterocycles. The van der Waals surface area contributed by atoms with Crippen LogP contribution in [0, 0.1) is 0 Å². The van der Waals surface area contributed by atoms with E-state index in [-0.39, 0.29) is 5.91 Å². The van der Waals surface area contributed by atoms with Gasteiger partial charge in [0.1, 0.15) is 11.3 Å². The molecule has 1 aliphatic rings. The number of rotatable bonds is 6. The summed E-state index contributed by atoms with van der Waals surface area (Å²) in [6.45, 7) is 3.52. The van der Waals surface area contributed by atoms with Crippen LogP contribution in [-0.4, -0.2) is 31.6 Å². The fourth-order valence-electron chi connectivity index (χ4n) is 3.77. The Morgan fingerprint density at radius 3 is 2.58 bits per heavy atom. The molecular weight excluding hydrogens is 324 g/mol. The molecule has 3 rings (SSSR count). The molecule has 1 amide bonds. The Kier molecular flexibility index (Phi) is 5.94. The lowest BCUT2D eigenvalue weighted by Crippen LogP contribution is -2.60. The lowest BCUT2D eigenvalue weighted by atomic mass is 9.80. The van der Waals surface area contributed by atoms with Gasteiger partial charge in [-0.05, 0) is 61.6 Å². The number of amides is 1. The van der Waals surface area contributed by atoms with Crippen LogP contribution in [0.15, 0.2) is 48.5 Å². The van der Waals surface area contributed by atoms with Gasteiger partial charge in [-0.15, -0.1) is 0 Å². The van der Waals surface area contributed by atoms with E-state index in [0.717, 1.165) is 37.1 Å². The highest BCUT2D eigenvalue weighted by molar-refractivity contribution is 5.87. The summed E-state index contributed by atoms with van der Waals surface area (Å²) in [6.07, 6.45) is 3.77. The van der Waals surface area contributed by atoms with Gasteiger partial charge in [-0.3, -0.25) is 4.79 Å². The molecule has 1 saturated heterocycles. The minimum absolute atomic E-state index is 0.115. The van der Waals surface area contributed by atoms with Gasteiger partial charge in [0.15, 0.2) is 0 Å². The van der Waals surface area contributed by atoms with Crippen molar-refractivity contribution in [2.45, 2.75) is 38.1 Å². The van der Waals surface area contributed by atoms with Crippen molar-refractivity contribution >= 4 is 5.91 Å². The van der Waals surface area contributed by atoms with Gasteiger partial charge in [0, 0.05) is 13.0 Å². The summed E-state index contributed by atoms with van der Waals surface area (Å²) < 4.78 is 5.27. The van der Waals surface area contributed by atoms with Crippen molar-refractivity contribution in [1.29, 1.82) is 0 Å². The average molecular weight is 352 g/mol. The molecule has 0 spiro atoms. The largest absolute Gasteiger partial charge is 0.497 e. The topological polar surface area (TPSA) is 50.4 Å². The second kappa shape index (κ2) is 8.37. The van der Waals surface area contributed by atoms with E-state index in [9.17, 15) is 4.79 Å². The summed E-state index contributed by atoms with van der Waals surface area (Å²) in [5.74, 6) is 0.961. The number of hydrogen-bond acceptors (Lipinski definition) is 3. The Hall–Kier alpha value is -2.33. The number of hydrogen-bond donors (Lipinski definition) is 2. The average Bonchev–Trinajstić information content (AvgIpc) is 2.69. The van der Waals surface area contributed by atoms with Crippen molar-refractivity contribution in [3.8, 4) is 16.9 Å². The van der Waals surface area contributed by atoms with Crippen LogP contribution in [0.5, 0.6) is 5.75 Å². The molecule has 26 heavy (non-hydrogen) atoms. The van der Waals surface area contributed by atoms with Gasteiger partial charge in [0.25, 0.3) is 0 Å². The second-order valence-electron chi connectivity index (χ2n) is 6.89. The molecule has 2 aromatic rings. The lowest BCUT2D eigenvalue weighted by Gasteiger charge is -2.37. The van der Waals surface area contributed by atoms with Crippen molar-refractivity contribution in [1.82, 2.24) is 10.6 Å². The molecule has 0 aliphatic carbocycles. The number of methoxy groups -OCH3 is 1. The minimum atomic E-state index is -0.517. The van der Waals surface area contributed by atoms with Gasteiger partial charge in [-0.2, -0.15) is 0 Å². The second-order valence-corrected chi connectivity index (χ2v) is 6.89. The lowest BCUT2D eigenvalue weighted by molar-refractivity contribution is -0.128. The molecule has 138 valence electrons. The van der Waals surface area contributed by atoms with Gasteiger partial charge in [-0.25, -0.2) is 0 Å². The summed E-state index contributed by atoms with van der Waals surface area (Å²) in [4.78, 5) is 12.9. The normalized spacial score (nSPS) is 19.8. The number of carbonyl (C=O) groups excluding carboxylic acids is 1. The Labute approximate surface area is 156 Å². The van der Waals surface area contributed by atoms with Crippen LogP contribution in [0.1, 0.15) is 31.7 Å². The van der Waals surface area contributed by atoms with Gasteiger partial charge in [0.05, 0.1) is 7.11 Å². The first-order chi connectivity index (χ1) is 12.7.